The van der Waals surface area contributed by atoms with Gasteiger partial charge in [-0.3, -0.25) is 0 Å². The van der Waals surface area contributed by atoms with Gasteiger partial charge in [-0.1, -0.05) is 35.9 Å². The van der Waals surface area contributed by atoms with Gasteiger partial charge in [0.2, 0.25) is 0 Å². The van der Waals surface area contributed by atoms with Gasteiger partial charge in [-0.2, -0.15) is 0 Å². The molecule has 4 nitrogen and oxygen atoms in total. The van der Waals surface area contributed by atoms with Crippen molar-refractivity contribution in [1.82, 2.24) is 0 Å². The number of hydrogen-bond donors (Lipinski definition) is 4. The molecule has 0 heterocycles. The molecular formula is C12H20O4. The van der Waals surface area contributed by atoms with Crippen molar-refractivity contribution in [3.8, 4) is 0 Å². The van der Waals surface area contributed by atoms with Crippen molar-refractivity contribution in [3.05, 3.63) is 35.9 Å². The van der Waals surface area contributed by atoms with Crippen LogP contribution >= 0.6 is 0 Å². The Morgan fingerprint density at radius 1 is 0.812 bits per heavy atom. The van der Waals surface area contributed by atoms with Crippen LogP contribution in [0.15, 0.2) is 30.3 Å². The zero-order valence-electron chi connectivity index (χ0n) is 9.50. The van der Waals surface area contributed by atoms with Crippen LogP contribution in [-0.4, -0.2) is 46.9 Å². The Labute approximate surface area is 95.8 Å². The summed E-state index contributed by atoms with van der Waals surface area (Å²) in [5.74, 6) is 0. The third-order valence-electron chi connectivity index (χ3n) is 2.28. The molecule has 0 saturated carbocycles. The van der Waals surface area contributed by atoms with Crippen molar-refractivity contribution < 1.29 is 20.4 Å². The highest BCUT2D eigenvalue weighted by Crippen LogP contribution is 2.11. The first kappa shape index (κ1) is 15.1. The van der Waals surface area contributed by atoms with Crippen molar-refractivity contribution in [2.45, 2.75) is 6.92 Å². The molecule has 0 amide bonds. The zero-order chi connectivity index (χ0) is 12.4. The summed E-state index contributed by atoms with van der Waals surface area (Å²) < 4.78 is 0. The largest absolute Gasteiger partial charge is 0.396 e. The molecule has 0 spiro atoms. The lowest BCUT2D eigenvalue weighted by Gasteiger charge is -2.23. The number of rotatable bonds is 4. The van der Waals surface area contributed by atoms with Crippen LogP contribution in [0.5, 0.6) is 0 Å². The van der Waals surface area contributed by atoms with Gasteiger partial charge in [-0.15, -0.1) is 0 Å². The highest BCUT2D eigenvalue weighted by Gasteiger charge is 2.26. The summed E-state index contributed by atoms with van der Waals surface area (Å²) in [4.78, 5) is 0. The summed E-state index contributed by atoms with van der Waals surface area (Å²) in [7, 11) is 0. The third kappa shape index (κ3) is 5.23. The lowest BCUT2D eigenvalue weighted by Crippen LogP contribution is -2.37. The summed E-state index contributed by atoms with van der Waals surface area (Å²) >= 11 is 0. The van der Waals surface area contributed by atoms with Crippen LogP contribution in [0, 0.1) is 12.3 Å². The molecule has 0 atom stereocenters. The molecule has 1 aromatic carbocycles. The molecule has 16 heavy (non-hydrogen) atoms. The van der Waals surface area contributed by atoms with E-state index in [2.05, 4.69) is 19.1 Å². The second-order valence-corrected chi connectivity index (χ2v) is 3.79. The molecular weight excluding hydrogens is 208 g/mol. The van der Waals surface area contributed by atoms with Crippen molar-refractivity contribution in [2.75, 3.05) is 26.4 Å². The molecule has 0 aliphatic carbocycles. The van der Waals surface area contributed by atoms with Crippen molar-refractivity contribution >= 4 is 0 Å². The predicted molar refractivity (Wildman–Crippen MR) is 62.0 cm³/mol. The highest BCUT2D eigenvalue weighted by atomic mass is 16.3. The Balaban J connectivity index is 0.000000288. The first-order chi connectivity index (χ1) is 7.64. The Morgan fingerprint density at radius 3 is 1.31 bits per heavy atom. The average Bonchev–Trinajstić information content (AvgIpc) is 2.35. The van der Waals surface area contributed by atoms with Crippen molar-refractivity contribution in [2.24, 2.45) is 5.41 Å². The van der Waals surface area contributed by atoms with E-state index in [0.717, 1.165) is 0 Å². The molecule has 0 unspecified atom stereocenters. The molecule has 4 N–H and O–H groups in total. The number of aliphatic hydroxyl groups excluding tert-OH is 4. The number of aliphatic hydroxyl groups is 4. The van der Waals surface area contributed by atoms with E-state index in [0.29, 0.717) is 0 Å². The minimum atomic E-state index is -1.11. The summed E-state index contributed by atoms with van der Waals surface area (Å²) in [6.07, 6.45) is 0. The number of aryl methyl sites for hydroxylation is 1. The van der Waals surface area contributed by atoms with Gasteiger partial charge < -0.3 is 20.4 Å². The van der Waals surface area contributed by atoms with Crippen LogP contribution in [0.4, 0.5) is 0 Å². The predicted octanol–water partition coefficient (Wildman–Crippen LogP) is -0.0630. The maximum Gasteiger partial charge on any atom is 0.0627 e. The summed E-state index contributed by atoms with van der Waals surface area (Å²) in [6, 6.07) is 10.3. The average molecular weight is 228 g/mol. The van der Waals surface area contributed by atoms with Crippen LogP contribution in [0.25, 0.3) is 0 Å². The van der Waals surface area contributed by atoms with E-state index in [-0.39, 0.29) is 0 Å². The van der Waals surface area contributed by atoms with Gasteiger partial charge in [0, 0.05) is 0 Å². The second kappa shape index (κ2) is 8.24. The van der Waals surface area contributed by atoms with Crippen LogP contribution in [0.1, 0.15) is 5.56 Å². The van der Waals surface area contributed by atoms with E-state index in [4.69, 9.17) is 20.4 Å². The minimum Gasteiger partial charge on any atom is -0.396 e. The molecule has 0 fully saturated rings. The molecule has 4 heteroatoms. The molecule has 1 rings (SSSR count). The fourth-order valence-electron chi connectivity index (χ4n) is 0.834. The normalized spacial score (nSPS) is 10.6. The zero-order valence-corrected chi connectivity index (χ0v) is 9.50. The van der Waals surface area contributed by atoms with Crippen LogP contribution in [0.2, 0.25) is 0 Å². The van der Waals surface area contributed by atoms with Gasteiger partial charge in [-0.05, 0) is 6.92 Å². The Morgan fingerprint density at radius 2 is 1.19 bits per heavy atom. The van der Waals surface area contributed by atoms with E-state index < -0.39 is 31.8 Å². The number of benzene rings is 1. The molecule has 0 radical (unpaired) electrons. The fourth-order valence-corrected chi connectivity index (χ4v) is 0.834. The van der Waals surface area contributed by atoms with Crippen molar-refractivity contribution in [3.63, 3.8) is 0 Å². The standard InChI is InChI=1S/C7H8.C5H12O4/c1-7-5-3-2-4-6-7;6-1-5(2-7,3-8)4-9/h2-6H,1H3;6-9H,1-4H2. The van der Waals surface area contributed by atoms with Crippen LogP contribution < -0.4 is 0 Å². The van der Waals surface area contributed by atoms with Gasteiger partial charge >= 0.3 is 0 Å². The topological polar surface area (TPSA) is 80.9 Å². The van der Waals surface area contributed by atoms with Gasteiger partial charge in [0.05, 0.1) is 31.8 Å². The van der Waals surface area contributed by atoms with Gasteiger partial charge in [-0.25, -0.2) is 0 Å². The van der Waals surface area contributed by atoms with E-state index in [1.54, 1.807) is 0 Å². The molecule has 0 saturated heterocycles. The lowest BCUT2D eigenvalue weighted by molar-refractivity contribution is -0.0328. The smallest absolute Gasteiger partial charge is 0.0627 e. The van der Waals surface area contributed by atoms with E-state index >= 15 is 0 Å². The van der Waals surface area contributed by atoms with Gasteiger partial charge in [0.25, 0.3) is 0 Å². The Bertz CT molecular complexity index is 239. The first-order valence-corrected chi connectivity index (χ1v) is 5.09. The van der Waals surface area contributed by atoms with Gasteiger partial charge in [0.15, 0.2) is 0 Å². The van der Waals surface area contributed by atoms with Crippen molar-refractivity contribution in [1.29, 1.82) is 0 Å². The molecule has 1 aromatic rings. The molecule has 0 bridgehead atoms. The molecule has 0 aliphatic heterocycles. The number of hydrogen-bond acceptors (Lipinski definition) is 4. The maximum absolute atomic E-state index is 8.50. The second-order valence-electron chi connectivity index (χ2n) is 3.79. The molecule has 0 aromatic heterocycles. The third-order valence-corrected chi connectivity index (χ3v) is 2.28. The quantitative estimate of drug-likeness (QED) is 0.582. The SMILES string of the molecule is Cc1ccccc1.OCC(CO)(CO)CO. The first-order valence-electron chi connectivity index (χ1n) is 5.09. The fraction of sp³-hybridized carbons (Fsp3) is 0.500. The summed E-state index contributed by atoms with van der Waals surface area (Å²) in [6.45, 7) is 0.458. The minimum absolute atomic E-state index is 0.406. The Kier molecular flexibility index (Phi) is 7.76. The van der Waals surface area contributed by atoms with Crippen LogP contribution in [0.3, 0.4) is 0 Å². The molecule has 0 aliphatic rings. The Hall–Kier alpha value is -0.940. The van der Waals surface area contributed by atoms with Crippen LogP contribution in [-0.2, 0) is 0 Å². The van der Waals surface area contributed by atoms with E-state index in [1.807, 2.05) is 18.2 Å². The summed E-state index contributed by atoms with van der Waals surface area (Å²) in [5, 5.41) is 34.0. The molecule has 92 valence electrons. The summed E-state index contributed by atoms with van der Waals surface area (Å²) in [5.41, 5.74) is 0.211. The monoisotopic (exact) mass is 228 g/mol. The van der Waals surface area contributed by atoms with E-state index in [9.17, 15) is 0 Å². The lowest BCUT2D eigenvalue weighted by atomic mass is 9.93. The maximum atomic E-state index is 8.50. The van der Waals surface area contributed by atoms with Gasteiger partial charge in [0.1, 0.15) is 0 Å². The highest BCUT2D eigenvalue weighted by molar-refractivity contribution is 5.11. The van der Waals surface area contributed by atoms with E-state index in [1.165, 1.54) is 5.56 Å².